The van der Waals surface area contributed by atoms with Crippen molar-refractivity contribution in [1.29, 1.82) is 0 Å². The van der Waals surface area contributed by atoms with Gasteiger partial charge in [-0.15, -0.1) is 0 Å². The second-order valence-corrected chi connectivity index (χ2v) is 12.2. The second kappa shape index (κ2) is 9.68. The van der Waals surface area contributed by atoms with E-state index in [1.807, 2.05) is 0 Å². The van der Waals surface area contributed by atoms with Crippen molar-refractivity contribution in [2.45, 2.75) is 73.8 Å². The quantitative estimate of drug-likeness (QED) is 0.259. The molecular weight excluding hydrogens is 568 g/mol. The molecule has 7 aliphatic rings. The molecule has 3 aliphatic carbocycles. The summed E-state index contributed by atoms with van der Waals surface area (Å²) >= 11 is 0. The monoisotopic (exact) mass is 600 g/mol. The fourth-order valence-electron chi connectivity index (χ4n) is 7.70. The first-order valence-corrected chi connectivity index (χ1v) is 14.1. The summed E-state index contributed by atoms with van der Waals surface area (Å²) in [7, 11) is 0. The lowest BCUT2D eigenvalue weighted by Gasteiger charge is -2.67. The number of aromatic hydroxyl groups is 1. The van der Waals surface area contributed by atoms with Gasteiger partial charge in [0.1, 0.15) is 54.6 Å². The molecule has 13 nitrogen and oxygen atoms in total. The minimum absolute atomic E-state index is 0.0331. The summed E-state index contributed by atoms with van der Waals surface area (Å²) in [6, 6.07) is 13.8. The summed E-state index contributed by atoms with van der Waals surface area (Å²) in [5.41, 5.74) is -3.12. The van der Waals surface area contributed by atoms with Crippen LogP contribution in [0.1, 0.15) is 40.5 Å². The van der Waals surface area contributed by atoms with Crippen LogP contribution in [0.5, 0.6) is 5.75 Å². The summed E-state index contributed by atoms with van der Waals surface area (Å²) in [5, 5.41) is 53.1. The normalized spacial score (nSPS) is 43.7. The zero-order chi connectivity index (χ0) is 30.4. The molecule has 7 unspecified atom stereocenters. The third kappa shape index (κ3) is 3.93. The van der Waals surface area contributed by atoms with Gasteiger partial charge in [-0.3, -0.25) is 0 Å². The maximum atomic E-state index is 12.9. The highest BCUT2D eigenvalue weighted by Crippen LogP contribution is 2.81. The van der Waals surface area contributed by atoms with Gasteiger partial charge >= 0.3 is 11.9 Å². The summed E-state index contributed by atoms with van der Waals surface area (Å²) in [6.45, 7) is 1.02. The average Bonchev–Trinajstić information content (AvgIpc) is 3.18. The highest BCUT2D eigenvalue weighted by atomic mass is 16.8. The number of ether oxygens (including phenoxy) is 6. The van der Waals surface area contributed by atoms with Crippen molar-refractivity contribution >= 4 is 11.9 Å². The van der Waals surface area contributed by atoms with Gasteiger partial charge in [0.05, 0.1) is 16.5 Å². The van der Waals surface area contributed by atoms with Gasteiger partial charge in [-0.05, 0) is 49.7 Å². The van der Waals surface area contributed by atoms with Crippen LogP contribution < -0.4 is 0 Å². The molecule has 0 radical (unpaired) electrons. The molecule has 3 saturated carbocycles. The van der Waals surface area contributed by atoms with Crippen molar-refractivity contribution in [2.24, 2.45) is 11.3 Å². The van der Waals surface area contributed by atoms with E-state index in [1.54, 1.807) is 37.3 Å². The molecule has 4 aliphatic heterocycles. The Morgan fingerprint density at radius 1 is 0.907 bits per heavy atom. The molecule has 6 bridgehead atoms. The van der Waals surface area contributed by atoms with Gasteiger partial charge in [0.25, 0.3) is 0 Å². The Balaban J connectivity index is 1.12. The van der Waals surface area contributed by atoms with Crippen molar-refractivity contribution in [2.75, 3.05) is 13.2 Å². The van der Waals surface area contributed by atoms with E-state index >= 15 is 0 Å². The van der Waals surface area contributed by atoms with Crippen LogP contribution in [0.25, 0.3) is 0 Å². The molecule has 0 aromatic heterocycles. The molecule has 7 fully saturated rings. The molecule has 4 saturated heterocycles. The maximum Gasteiger partial charge on any atom is 0.338 e. The first-order chi connectivity index (χ1) is 20.4. The van der Waals surface area contributed by atoms with E-state index in [9.17, 15) is 35.1 Å². The van der Waals surface area contributed by atoms with Gasteiger partial charge in [-0.1, -0.05) is 18.2 Å². The number of carbonyl (C=O) groups excluding carboxylic acids is 2. The highest BCUT2D eigenvalue weighted by molar-refractivity contribution is 5.89. The number of phenolic OH excluding ortho intramolecular Hbond substituents is 1. The molecule has 13 heteroatoms. The van der Waals surface area contributed by atoms with Crippen LogP contribution in [0.3, 0.4) is 0 Å². The molecular formula is C30H32O13. The fraction of sp³-hybridized carbons (Fsp3) is 0.533. The van der Waals surface area contributed by atoms with Gasteiger partial charge in [-0.2, -0.15) is 0 Å². The van der Waals surface area contributed by atoms with Crippen LogP contribution in [-0.2, 0) is 28.4 Å². The molecule has 230 valence electrons. The Bertz CT molecular complexity index is 1420. The zero-order valence-electron chi connectivity index (χ0n) is 23.1. The van der Waals surface area contributed by atoms with Crippen molar-refractivity contribution in [3.05, 3.63) is 65.7 Å². The zero-order valence-corrected chi connectivity index (χ0v) is 23.1. The molecule has 5 N–H and O–H groups in total. The smallest absolute Gasteiger partial charge is 0.338 e. The molecule has 9 rings (SSSR count). The van der Waals surface area contributed by atoms with Crippen LogP contribution in [0, 0.1) is 11.3 Å². The Hall–Kier alpha value is -3.14. The van der Waals surface area contributed by atoms with Crippen molar-refractivity contribution < 1.29 is 63.5 Å². The molecule has 2 aromatic carbocycles. The van der Waals surface area contributed by atoms with Crippen LogP contribution in [-0.4, -0.2) is 105 Å². The molecule has 2 aromatic rings. The number of hydrogen-bond acceptors (Lipinski definition) is 13. The summed E-state index contributed by atoms with van der Waals surface area (Å²) in [5.74, 6) is -3.44. The first-order valence-electron chi connectivity index (χ1n) is 14.1. The SMILES string of the molecule is C[C@@]12C[C@@]3(O)OC(O1)C1(COC(=O)c4ccccc4)[C@H]3C[C@@]12OC1OC(COC(=O)c2ccc(O)cc2)C(O)C(O)C1O. The predicted octanol–water partition coefficient (Wildman–Crippen LogP) is 0.213. The number of aliphatic hydroxyl groups is 4. The summed E-state index contributed by atoms with van der Waals surface area (Å²) in [6.07, 6.45) is -8.60. The summed E-state index contributed by atoms with van der Waals surface area (Å²) < 4.78 is 35.6. The van der Waals surface area contributed by atoms with E-state index in [2.05, 4.69) is 0 Å². The van der Waals surface area contributed by atoms with Crippen LogP contribution >= 0.6 is 0 Å². The second-order valence-electron chi connectivity index (χ2n) is 12.2. The number of hydrogen-bond donors (Lipinski definition) is 5. The number of rotatable bonds is 8. The number of carbonyl (C=O) groups is 2. The molecule has 11 atom stereocenters. The van der Waals surface area contributed by atoms with Gasteiger partial charge < -0.3 is 54.0 Å². The third-order valence-electron chi connectivity index (χ3n) is 9.87. The molecule has 4 heterocycles. The van der Waals surface area contributed by atoms with Crippen molar-refractivity contribution in [3.8, 4) is 5.75 Å². The van der Waals surface area contributed by atoms with Crippen molar-refractivity contribution in [1.82, 2.24) is 0 Å². The predicted molar refractivity (Wildman–Crippen MR) is 140 cm³/mol. The van der Waals surface area contributed by atoms with Gasteiger partial charge in [0.15, 0.2) is 18.4 Å². The summed E-state index contributed by atoms with van der Waals surface area (Å²) in [4.78, 5) is 25.4. The van der Waals surface area contributed by atoms with Crippen LogP contribution in [0.4, 0.5) is 0 Å². The maximum absolute atomic E-state index is 12.9. The largest absolute Gasteiger partial charge is 0.508 e. The first kappa shape index (κ1) is 28.6. The standard InChI is InChI=1S/C30H32O13/c1-27-13-29(37)19-11-30(27,28(19,26(42-27)43-29)14-39-24(36)15-5-3-2-4-6-15)41-25-22(34)21(33)20(32)18(40-25)12-38-23(35)16-7-9-17(31)10-8-16/h2-10,18-22,25-26,31-34,37H,11-14H2,1H3/t18?,19-,20?,21?,22?,25?,26?,27+,28?,29-,30+/m1/s1. The fourth-order valence-corrected chi connectivity index (χ4v) is 7.70. The van der Waals surface area contributed by atoms with Crippen molar-refractivity contribution in [3.63, 3.8) is 0 Å². The van der Waals surface area contributed by atoms with E-state index in [1.165, 1.54) is 24.3 Å². The van der Waals surface area contributed by atoms with Gasteiger partial charge in [-0.25, -0.2) is 9.59 Å². The Labute approximate surface area is 245 Å². The number of aliphatic hydroxyl groups excluding tert-OH is 3. The highest BCUT2D eigenvalue weighted by Gasteiger charge is 2.94. The van der Waals surface area contributed by atoms with E-state index in [0.717, 1.165) is 0 Å². The number of esters is 2. The van der Waals surface area contributed by atoms with Gasteiger partial charge in [0.2, 0.25) is 0 Å². The van der Waals surface area contributed by atoms with E-state index < -0.39 is 83.9 Å². The lowest BCUT2D eigenvalue weighted by molar-refractivity contribution is -0.424. The molecule has 0 amide bonds. The number of phenols is 1. The molecule has 0 spiro atoms. The van der Waals surface area contributed by atoms with Crippen LogP contribution in [0.15, 0.2) is 54.6 Å². The lowest BCUT2D eigenvalue weighted by Crippen LogP contribution is -2.80. The van der Waals surface area contributed by atoms with Gasteiger partial charge in [0, 0.05) is 12.3 Å². The van der Waals surface area contributed by atoms with E-state index in [-0.39, 0.29) is 30.8 Å². The van der Waals surface area contributed by atoms with Crippen LogP contribution in [0.2, 0.25) is 0 Å². The molecule has 43 heavy (non-hydrogen) atoms. The lowest BCUT2D eigenvalue weighted by atomic mass is 9.41. The minimum atomic E-state index is -1.72. The minimum Gasteiger partial charge on any atom is -0.508 e. The Kier molecular flexibility index (Phi) is 6.44. The third-order valence-corrected chi connectivity index (χ3v) is 9.87. The Morgan fingerprint density at radius 2 is 1.58 bits per heavy atom. The topological polar surface area (TPSA) is 191 Å². The average molecular weight is 601 g/mol. The number of benzene rings is 2. The van der Waals surface area contributed by atoms with E-state index in [4.69, 9.17) is 28.4 Å². The Morgan fingerprint density at radius 3 is 2.30 bits per heavy atom. The van der Waals surface area contributed by atoms with E-state index in [0.29, 0.717) is 5.56 Å².